The smallest absolute Gasteiger partial charge is 0.124 e. The molecule has 0 saturated heterocycles. The van der Waals surface area contributed by atoms with Gasteiger partial charge in [-0.05, 0) is 53.9 Å². The fourth-order valence-electron chi connectivity index (χ4n) is 2.34. The lowest BCUT2D eigenvalue weighted by molar-refractivity contribution is 0.414. The van der Waals surface area contributed by atoms with Crippen LogP contribution in [0.4, 0.5) is 10.1 Å². The average molecular weight is 363 g/mol. The number of rotatable bonds is 6. The van der Waals surface area contributed by atoms with Crippen LogP contribution >= 0.6 is 11.8 Å². The van der Waals surface area contributed by atoms with E-state index in [0.717, 1.165) is 27.6 Å². The Morgan fingerprint density at radius 2 is 1.77 bits per heavy atom. The summed E-state index contributed by atoms with van der Waals surface area (Å²) in [5, 5.41) is 1.91. The summed E-state index contributed by atoms with van der Waals surface area (Å²) in [5.74, 6) is 0.531. The molecule has 3 rings (SSSR count). The minimum Gasteiger partial charge on any atom is -0.497 e. The second-order valence-electron chi connectivity index (χ2n) is 5.44. The number of ether oxygens (including phenoxy) is 1. The fraction of sp³-hybridized carbons (Fsp3) is 0.0455. The second kappa shape index (κ2) is 9.02. The number of hydrogen-bond donors (Lipinski definition) is 0. The van der Waals surface area contributed by atoms with Crippen LogP contribution in [0.2, 0.25) is 0 Å². The van der Waals surface area contributed by atoms with Crippen molar-refractivity contribution in [1.29, 1.82) is 0 Å². The van der Waals surface area contributed by atoms with Gasteiger partial charge in [-0.15, -0.1) is 0 Å². The Morgan fingerprint density at radius 3 is 2.54 bits per heavy atom. The molecule has 0 spiro atoms. The van der Waals surface area contributed by atoms with Crippen molar-refractivity contribution in [2.24, 2.45) is 4.99 Å². The van der Waals surface area contributed by atoms with Gasteiger partial charge in [-0.1, -0.05) is 48.2 Å². The number of allylic oxidation sites excluding steroid dienone is 1. The van der Waals surface area contributed by atoms with Crippen molar-refractivity contribution >= 4 is 23.2 Å². The summed E-state index contributed by atoms with van der Waals surface area (Å²) in [4.78, 5) is 5.58. The van der Waals surface area contributed by atoms with Crippen LogP contribution < -0.4 is 4.74 Å². The zero-order valence-corrected chi connectivity index (χ0v) is 15.1. The first-order valence-corrected chi connectivity index (χ1v) is 8.99. The molecular formula is C22H18FNOS. The molecule has 0 radical (unpaired) electrons. The molecule has 0 N–H and O–H groups in total. The maximum atomic E-state index is 13.3. The van der Waals surface area contributed by atoms with Crippen molar-refractivity contribution in [2.45, 2.75) is 4.90 Å². The minimum atomic E-state index is -0.241. The Balaban J connectivity index is 1.90. The van der Waals surface area contributed by atoms with E-state index in [4.69, 9.17) is 9.73 Å². The van der Waals surface area contributed by atoms with Crippen LogP contribution in [0.1, 0.15) is 5.56 Å². The van der Waals surface area contributed by atoms with Crippen molar-refractivity contribution in [3.63, 3.8) is 0 Å². The predicted octanol–water partition coefficient (Wildman–Crippen LogP) is 6.26. The molecule has 0 amide bonds. The van der Waals surface area contributed by atoms with Gasteiger partial charge in [0.15, 0.2) is 0 Å². The monoisotopic (exact) mass is 363 g/mol. The van der Waals surface area contributed by atoms with E-state index in [1.54, 1.807) is 13.2 Å². The van der Waals surface area contributed by atoms with Crippen molar-refractivity contribution in [3.05, 3.63) is 102 Å². The molecule has 130 valence electrons. The Kier molecular flexibility index (Phi) is 6.23. The van der Waals surface area contributed by atoms with Crippen molar-refractivity contribution in [3.8, 4) is 5.75 Å². The third-order valence-corrected chi connectivity index (χ3v) is 4.40. The van der Waals surface area contributed by atoms with E-state index >= 15 is 0 Å². The highest BCUT2D eigenvalue weighted by atomic mass is 32.2. The molecule has 0 fully saturated rings. The number of hydrogen-bond acceptors (Lipinski definition) is 3. The van der Waals surface area contributed by atoms with Gasteiger partial charge in [0, 0.05) is 10.5 Å². The Morgan fingerprint density at radius 1 is 0.962 bits per heavy atom. The molecule has 0 aromatic heterocycles. The number of nitrogens with zero attached hydrogens (tertiary/aromatic N) is 1. The van der Waals surface area contributed by atoms with Gasteiger partial charge in [0.05, 0.1) is 18.5 Å². The normalized spacial score (nSPS) is 11.7. The van der Waals surface area contributed by atoms with Crippen LogP contribution in [0.15, 0.2) is 100 Å². The van der Waals surface area contributed by atoms with Crippen molar-refractivity contribution in [1.82, 2.24) is 0 Å². The summed E-state index contributed by atoms with van der Waals surface area (Å²) in [7, 11) is 1.64. The lowest BCUT2D eigenvalue weighted by Gasteiger charge is -2.06. The van der Waals surface area contributed by atoms with E-state index in [1.165, 1.54) is 23.9 Å². The zero-order chi connectivity index (χ0) is 18.2. The summed E-state index contributed by atoms with van der Waals surface area (Å²) in [6.07, 6.45) is 1.93. The quantitative estimate of drug-likeness (QED) is 0.381. The molecule has 26 heavy (non-hydrogen) atoms. The van der Waals surface area contributed by atoms with E-state index in [-0.39, 0.29) is 5.82 Å². The third-order valence-electron chi connectivity index (χ3n) is 3.60. The largest absolute Gasteiger partial charge is 0.497 e. The van der Waals surface area contributed by atoms with Gasteiger partial charge in [0.2, 0.25) is 0 Å². The Hall–Kier alpha value is -2.85. The highest BCUT2D eigenvalue weighted by Gasteiger charge is 2.03. The molecule has 2 nitrogen and oxygen atoms in total. The van der Waals surface area contributed by atoms with Gasteiger partial charge in [0.1, 0.15) is 11.6 Å². The molecule has 0 saturated carbocycles. The summed E-state index contributed by atoms with van der Waals surface area (Å²) >= 11 is 1.45. The molecule has 3 aromatic carbocycles. The SMILES string of the molecule is COc1cccc(C(C=CSc2cccc(F)c2)=Nc2ccccc2)c1. The van der Waals surface area contributed by atoms with Gasteiger partial charge < -0.3 is 4.74 Å². The first kappa shape index (κ1) is 18.0. The van der Waals surface area contributed by atoms with E-state index in [9.17, 15) is 4.39 Å². The highest BCUT2D eigenvalue weighted by molar-refractivity contribution is 8.02. The number of aliphatic imine (C=N–C) groups is 1. The van der Waals surface area contributed by atoms with Crippen LogP contribution in [0.5, 0.6) is 5.75 Å². The van der Waals surface area contributed by atoms with Gasteiger partial charge >= 0.3 is 0 Å². The lowest BCUT2D eigenvalue weighted by Crippen LogP contribution is -1.97. The van der Waals surface area contributed by atoms with Gasteiger partial charge in [-0.3, -0.25) is 0 Å². The molecular weight excluding hydrogens is 345 g/mol. The highest BCUT2D eigenvalue weighted by Crippen LogP contribution is 2.22. The number of halogens is 1. The predicted molar refractivity (Wildman–Crippen MR) is 107 cm³/mol. The zero-order valence-electron chi connectivity index (χ0n) is 14.3. The fourth-order valence-corrected chi connectivity index (χ4v) is 3.03. The van der Waals surface area contributed by atoms with E-state index in [2.05, 4.69) is 0 Å². The summed E-state index contributed by atoms with van der Waals surface area (Å²) in [6.45, 7) is 0. The topological polar surface area (TPSA) is 21.6 Å². The lowest BCUT2D eigenvalue weighted by atomic mass is 10.1. The molecule has 0 unspecified atom stereocenters. The Bertz CT molecular complexity index is 922. The van der Waals surface area contributed by atoms with Crippen LogP contribution in [-0.4, -0.2) is 12.8 Å². The maximum Gasteiger partial charge on any atom is 0.124 e. The van der Waals surface area contributed by atoms with Crippen molar-refractivity contribution in [2.75, 3.05) is 7.11 Å². The molecule has 0 aliphatic rings. The van der Waals surface area contributed by atoms with Crippen LogP contribution in [0.3, 0.4) is 0 Å². The van der Waals surface area contributed by atoms with Crippen LogP contribution in [0, 0.1) is 5.82 Å². The standard InChI is InChI=1S/C22H18FNOS/c1-25-20-11-5-7-17(15-20)22(24-19-9-3-2-4-10-19)13-14-26-21-12-6-8-18(23)16-21/h2-16H,1H3. The van der Waals surface area contributed by atoms with Gasteiger partial charge in [0.25, 0.3) is 0 Å². The third kappa shape index (κ3) is 5.07. The molecule has 0 aliphatic carbocycles. The van der Waals surface area contributed by atoms with Gasteiger partial charge in [-0.25, -0.2) is 9.38 Å². The van der Waals surface area contributed by atoms with E-state index in [0.29, 0.717) is 0 Å². The molecule has 0 heterocycles. The van der Waals surface area contributed by atoms with Crippen LogP contribution in [-0.2, 0) is 0 Å². The summed E-state index contributed by atoms with van der Waals surface area (Å²) < 4.78 is 18.6. The summed E-state index contributed by atoms with van der Waals surface area (Å²) in [5.41, 5.74) is 2.62. The maximum absolute atomic E-state index is 13.3. The Labute approximate surface area is 157 Å². The molecule has 3 aromatic rings. The number of methoxy groups -OCH3 is 1. The molecule has 0 atom stereocenters. The van der Waals surface area contributed by atoms with Crippen LogP contribution in [0.25, 0.3) is 0 Å². The van der Waals surface area contributed by atoms with E-state index in [1.807, 2.05) is 72.1 Å². The molecule has 4 heteroatoms. The van der Waals surface area contributed by atoms with E-state index < -0.39 is 0 Å². The average Bonchev–Trinajstić information content (AvgIpc) is 2.68. The minimum absolute atomic E-state index is 0.241. The first-order valence-electron chi connectivity index (χ1n) is 8.11. The molecule has 0 aliphatic heterocycles. The first-order chi connectivity index (χ1) is 12.7. The number of thioether (sulfide) groups is 1. The van der Waals surface area contributed by atoms with Gasteiger partial charge in [-0.2, -0.15) is 0 Å². The van der Waals surface area contributed by atoms with Crippen molar-refractivity contribution < 1.29 is 9.13 Å². The number of para-hydroxylation sites is 1. The molecule has 0 bridgehead atoms. The number of benzene rings is 3. The second-order valence-corrected chi connectivity index (χ2v) is 6.42. The summed E-state index contributed by atoms with van der Waals surface area (Å²) in [6, 6.07) is 24.0.